The number of aryl methyl sites for hydroxylation is 1. The fraction of sp³-hybridized carbons (Fsp3) is 0.500. The highest BCUT2D eigenvalue weighted by atomic mass is 16.6. The van der Waals surface area contributed by atoms with Crippen molar-refractivity contribution in [2.75, 3.05) is 11.4 Å². The van der Waals surface area contributed by atoms with Gasteiger partial charge in [0, 0.05) is 17.8 Å². The van der Waals surface area contributed by atoms with E-state index < -0.39 is 10.9 Å². The molecule has 7 nitrogen and oxygen atoms in total. The van der Waals surface area contributed by atoms with E-state index in [0.29, 0.717) is 12.1 Å². The van der Waals surface area contributed by atoms with Crippen LogP contribution in [0.15, 0.2) is 12.1 Å². The summed E-state index contributed by atoms with van der Waals surface area (Å²) >= 11 is 0. The van der Waals surface area contributed by atoms with Crippen molar-refractivity contribution in [1.82, 2.24) is 4.98 Å². The minimum absolute atomic E-state index is 0.113. The van der Waals surface area contributed by atoms with Crippen molar-refractivity contribution >= 4 is 17.5 Å². The Morgan fingerprint density at radius 3 is 2.68 bits per heavy atom. The molecule has 0 saturated heterocycles. The van der Waals surface area contributed by atoms with Gasteiger partial charge in [-0.25, -0.2) is 4.98 Å². The number of carbonyl (C=O) groups is 1. The van der Waals surface area contributed by atoms with Gasteiger partial charge in [-0.3, -0.25) is 14.9 Å². The van der Waals surface area contributed by atoms with Crippen molar-refractivity contribution in [2.24, 2.45) is 0 Å². The van der Waals surface area contributed by atoms with Gasteiger partial charge < -0.3 is 10.0 Å². The minimum Gasteiger partial charge on any atom is -0.480 e. The minimum atomic E-state index is -1.04. The molecule has 104 valence electrons. The predicted octanol–water partition coefficient (Wildman–Crippen LogP) is 1.99. The Kier molecular flexibility index (Phi) is 4.80. The van der Waals surface area contributed by atoms with Gasteiger partial charge in [0.2, 0.25) is 5.82 Å². The van der Waals surface area contributed by atoms with Gasteiger partial charge >= 0.3 is 11.7 Å². The number of aromatic nitrogens is 1. The van der Waals surface area contributed by atoms with Crippen molar-refractivity contribution < 1.29 is 14.8 Å². The lowest BCUT2D eigenvalue weighted by molar-refractivity contribution is -0.384. The zero-order valence-electron chi connectivity index (χ0n) is 11.2. The van der Waals surface area contributed by atoms with Gasteiger partial charge in [0.1, 0.15) is 6.54 Å². The molecule has 1 unspecified atom stereocenters. The Morgan fingerprint density at radius 2 is 2.21 bits per heavy atom. The van der Waals surface area contributed by atoms with Crippen molar-refractivity contribution in [3.8, 4) is 0 Å². The largest absolute Gasteiger partial charge is 0.480 e. The highest BCUT2D eigenvalue weighted by Gasteiger charge is 2.26. The molecular weight excluding hydrogens is 250 g/mol. The van der Waals surface area contributed by atoms with Crippen LogP contribution in [0.4, 0.5) is 11.5 Å². The van der Waals surface area contributed by atoms with E-state index in [1.807, 2.05) is 13.8 Å². The van der Waals surface area contributed by atoms with E-state index in [2.05, 4.69) is 4.98 Å². The average molecular weight is 267 g/mol. The third-order valence-corrected chi connectivity index (χ3v) is 2.89. The fourth-order valence-corrected chi connectivity index (χ4v) is 1.70. The Labute approximate surface area is 111 Å². The molecule has 0 aliphatic rings. The summed E-state index contributed by atoms with van der Waals surface area (Å²) in [5.41, 5.74) is 0.437. The Morgan fingerprint density at radius 1 is 1.58 bits per heavy atom. The van der Waals surface area contributed by atoms with Gasteiger partial charge in [-0.2, -0.15) is 0 Å². The lowest BCUT2D eigenvalue weighted by atomic mass is 10.2. The maximum absolute atomic E-state index is 11.0. The zero-order chi connectivity index (χ0) is 14.6. The van der Waals surface area contributed by atoms with Gasteiger partial charge in [-0.05, 0) is 26.3 Å². The Bertz CT molecular complexity index is 490. The summed E-state index contributed by atoms with van der Waals surface area (Å²) < 4.78 is 0. The van der Waals surface area contributed by atoms with Gasteiger partial charge in [-0.15, -0.1) is 0 Å². The van der Waals surface area contributed by atoms with Crippen molar-refractivity contribution in [2.45, 2.75) is 33.2 Å². The standard InChI is InChI=1S/C12H17N3O4/c1-4-9(3)14(7-11(16)17)12-10(15(18)19)6-5-8(2)13-12/h5-6,9H,4,7H2,1-3H3,(H,16,17). The van der Waals surface area contributed by atoms with Crippen LogP contribution in [0.3, 0.4) is 0 Å². The number of pyridine rings is 1. The number of rotatable bonds is 6. The van der Waals surface area contributed by atoms with Crippen LogP contribution in [0.1, 0.15) is 26.0 Å². The summed E-state index contributed by atoms with van der Waals surface area (Å²) in [6.07, 6.45) is 0.667. The normalized spacial score (nSPS) is 11.9. The first-order valence-corrected chi connectivity index (χ1v) is 5.97. The third-order valence-electron chi connectivity index (χ3n) is 2.89. The van der Waals surface area contributed by atoms with Gasteiger partial charge in [-0.1, -0.05) is 6.92 Å². The summed E-state index contributed by atoms with van der Waals surface area (Å²) in [5, 5.41) is 20.0. The lowest BCUT2D eigenvalue weighted by Gasteiger charge is -2.27. The molecule has 1 N–H and O–H groups in total. The van der Waals surface area contributed by atoms with E-state index in [-0.39, 0.29) is 24.1 Å². The lowest BCUT2D eigenvalue weighted by Crippen LogP contribution is -2.38. The number of nitro groups is 1. The maximum atomic E-state index is 11.0. The van der Waals surface area contributed by atoms with Crippen molar-refractivity contribution in [3.63, 3.8) is 0 Å². The quantitative estimate of drug-likeness (QED) is 0.625. The molecule has 0 aromatic carbocycles. The van der Waals surface area contributed by atoms with Crippen LogP contribution >= 0.6 is 0 Å². The highest BCUT2D eigenvalue weighted by molar-refractivity contribution is 5.75. The molecule has 1 aromatic rings. The molecule has 19 heavy (non-hydrogen) atoms. The average Bonchev–Trinajstić information content (AvgIpc) is 2.34. The number of aliphatic carboxylic acids is 1. The van der Waals surface area contributed by atoms with Gasteiger partial charge in [0.15, 0.2) is 0 Å². The monoisotopic (exact) mass is 267 g/mol. The molecule has 0 aliphatic heterocycles. The van der Waals surface area contributed by atoms with E-state index >= 15 is 0 Å². The van der Waals surface area contributed by atoms with E-state index in [4.69, 9.17) is 5.11 Å². The molecule has 1 atom stereocenters. The third kappa shape index (κ3) is 3.64. The SMILES string of the molecule is CCC(C)N(CC(=O)O)c1nc(C)ccc1[N+](=O)[O-]. The molecule has 0 amide bonds. The number of hydrogen-bond donors (Lipinski definition) is 1. The number of carboxylic acid groups (broad SMARTS) is 1. The molecule has 1 rings (SSSR count). The molecule has 0 radical (unpaired) electrons. The first-order chi connectivity index (χ1) is 8.86. The van der Waals surface area contributed by atoms with Crippen LogP contribution in [0, 0.1) is 17.0 Å². The molecule has 0 saturated carbocycles. The van der Waals surface area contributed by atoms with E-state index in [9.17, 15) is 14.9 Å². The van der Waals surface area contributed by atoms with Crippen LogP contribution in [-0.2, 0) is 4.79 Å². The van der Waals surface area contributed by atoms with Crippen molar-refractivity contribution in [3.05, 3.63) is 27.9 Å². The second-order valence-corrected chi connectivity index (χ2v) is 4.33. The van der Waals surface area contributed by atoms with Crippen LogP contribution in [-0.4, -0.2) is 33.6 Å². The first kappa shape index (κ1) is 14.9. The molecule has 7 heteroatoms. The second kappa shape index (κ2) is 6.12. The van der Waals surface area contributed by atoms with E-state index in [1.165, 1.54) is 17.0 Å². The van der Waals surface area contributed by atoms with Crippen LogP contribution in [0.5, 0.6) is 0 Å². The first-order valence-electron chi connectivity index (χ1n) is 5.97. The highest BCUT2D eigenvalue weighted by Crippen LogP contribution is 2.28. The van der Waals surface area contributed by atoms with Gasteiger partial charge in [0.05, 0.1) is 4.92 Å². The molecular formula is C12H17N3O4. The zero-order valence-corrected chi connectivity index (χ0v) is 11.2. The summed E-state index contributed by atoms with van der Waals surface area (Å²) in [4.78, 5) is 27.0. The molecule has 0 aliphatic carbocycles. The van der Waals surface area contributed by atoms with Crippen LogP contribution in [0.2, 0.25) is 0 Å². The Hall–Kier alpha value is -2.18. The topological polar surface area (TPSA) is 96.6 Å². The molecule has 0 bridgehead atoms. The Balaban J connectivity index is 3.30. The van der Waals surface area contributed by atoms with E-state index in [0.717, 1.165) is 0 Å². The maximum Gasteiger partial charge on any atom is 0.323 e. The second-order valence-electron chi connectivity index (χ2n) is 4.33. The van der Waals surface area contributed by atoms with E-state index in [1.54, 1.807) is 6.92 Å². The summed E-state index contributed by atoms with van der Waals surface area (Å²) in [6.45, 7) is 5.10. The number of hydrogen-bond acceptors (Lipinski definition) is 5. The summed E-state index contributed by atoms with van der Waals surface area (Å²) in [7, 11) is 0. The summed E-state index contributed by atoms with van der Waals surface area (Å²) in [5.74, 6) is -0.931. The van der Waals surface area contributed by atoms with Gasteiger partial charge in [0.25, 0.3) is 0 Å². The molecule has 0 spiro atoms. The van der Waals surface area contributed by atoms with Crippen LogP contribution in [0.25, 0.3) is 0 Å². The molecule has 0 fully saturated rings. The smallest absolute Gasteiger partial charge is 0.323 e. The molecule has 1 aromatic heterocycles. The predicted molar refractivity (Wildman–Crippen MR) is 70.4 cm³/mol. The number of anilines is 1. The summed E-state index contributed by atoms with van der Waals surface area (Å²) in [6, 6.07) is 2.75. The fourth-order valence-electron chi connectivity index (χ4n) is 1.70. The van der Waals surface area contributed by atoms with Crippen molar-refractivity contribution in [1.29, 1.82) is 0 Å². The van der Waals surface area contributed by atoms with Crippen LogP contribution < -0.4 is 4.90 Å². The molecule has 1 heterocycles. The number of nitrogens with zero attached hydrogens (tertiary/aromatic N) is 3. The number of carboxylic acids is 1.